The second-order valence-electron chi connectivity index (χ2n) is 5.44. The van der Waals surface area contributed by atoms with Gasteiger partial charge in [-0.05, 0) is 45.9 Å². The van der Waals surface area contributed by atoms with Crippen molar-refractivity contribution in [2.24, 2.45) is 5.92 Å². The molecule has 1 aliphatic heterocycles. The molecule has 2 rings (SSSR count). The van der Waals surface area contributed by atoms with Gasteiger partial charge >= 0.3 is 0 Å². The smallest absolute Gasteiger partial charge is 0.121 e. The van der Waals surface area contributed by atoms with Crippen molar-refractivity contribution in [3.8, 4) is 0 Å². The minimum atomic E-state index is 0.307. The van der Waals surface area contributed by atoms with Crippen LogP contribution in [0.25, 0.3) is 0 Å². The molecule has 98 valence electrons. The molecule has 0 bridgehead atoms. The van der Waals surface area contributed by atoms with Crippen LogP contribution < -0.4 is 0 Å². The lowest BCUT2D eigenvalue weighted by Crippen LogP contribution is -2.32. The number of hydrogen-bond donors (Lipinski definition) is 0. The van der Waals surface area contributed by atoms with Gasteiger partial charge in [0.25, 0.3) is 0 Å². The molecule has 2 nitrogen and oxygen atoms in total. The predicted molar refractivity (Wildman–Crippen MR) is 75.4 cm³/mol. The number of rotatable bonds is 2. The Morgan fingerprint density at radius 1 is 1.50 bits per heavy atom. The van der Waals surface area contributed by atoms with E-state index in [2.05, 4.69) is 44.5 Å². The molecule has 0 spiro atoms. The molecule has 1 aliphatic rings. The largest absolute Gasteiger partial charge is 0.468 e. The first kappa shape index (κ1) is 13.2. The molecule has 0 aliphatic carbocycles. The molecule has 0 radical (unpaired) electrons. The highest BCUT2D eigenvalue weighted by Crippen LogP contribution is 2.37. The molecule has 2 unspecified atom stereocenters. The summed E-state index contributed by atoms with van der Waals surface area (Å²) < 4.78 is 5.64. The van der Waals surface area contributed by atoms with Crippen LogP contribution >= 0.6 is 0 Å². The van der Waals surface area contributed by atoms with E-state index in [1.807, 2.05) is 6.07 Å². The van der Waals surface area contributed by atoms with Gasteiger partial charge in [-0.25, -0.2) is 0 Å². The van der Waals surface area contributed by atoms with Crippen LogP contribution in [0, 0.1) is 5.92 Å². The van der Waals surface area contributed by atoms with Crippen molar-refractivity contribution in [1.29, 1.82) is 0 Å². The van der Waals surface area contributed by atoms with E-state index in [4.69, 9.17) is 4.42 Å². The van der Waals surface area contributed by atoms with Crippen molar-refractivity contribution < 1.29 is 4.42 Å². The number of nitrogens with zero attached hydrogens (tertiary/aromatic N) is 1. The van der Waals surface area contributed by atoms with E-state index in [9.17, 15) is 0 Å². The van der Waals surface area contributed by atoms with Crippen molar-refractivity contribution in [2.75, 3.05) is 13.6 Å². The van der Waals surface area contributed by atoms with E-state index in [-0.39, 0.29) is 0 Å². The first-order chi connectivity index (χ1) is 8.59. The lowest BCUT2D eigenvalue weighted by molar-refractivity contribution is 0.173. The van der Waals surface area contributed by atoms with Gasteiger partial charge in [-0.15, -0.1) is 0 Å². The summed E-state index contributed by atoms with van der Waals surface area (Å²) in [5.74, 6) is 1.52. The molecule has 2 heterocycles. The molecular formula is C16H23NO. The van der Waals surface area contributed by atoms with Gasteiger partial charge in [-0.3, -0.25) is 4.90 Å². The van der Waals surface area contributed by atoms with Crippen LogP contribution in [-0.4, -0.2) is 18.5 Å². The second kappa shape index (κ2) is 5.57. The van der Waals surface area contributed by atoms with E-state index in [0.717, 1.165) is 25.1 Å². The molecule has 0 N–H and O–H groups in total. The van der Waals surface area contributed by atoms with Crippen molar-refractivity contribution in [1.82, 2.24) is 4.90 Å². The zero-order chi connectivity index (χ0) is 13.1. The normalized spacial score (nSPS) is 29.2. The molecule has 1 aromatic rings. The first-order valence-electron chi connectivity index (χ1n) is 6.64. The Labute approximate surface area is 110 Å². The molecule has 2 atom stereocenters. The van der Waals surface area contributed by atoms with Crippen molar-refractivity contribution in [2.45, 2.75) is 32.7 Å². The number of hydrogen-bond acceptors (Lipinski definition) is 2. The van der Waals surface area contributed by atoms with Gasteiger partial charge in [0.1, 0.15) is 5.76 Å². The number of allylic oxidation sites excluding steroid dienone is 1. The highest BCUT2D eigenvalue weighted by Gasteiger charge is 2.30. The van der Waals surface area contributed by atoms with Crippen LogP contribution in [-0.2, 0) is 0 Å². The van der Waals surface area contributed by atoms with Crippen LogP contribution in [0.15, 0.2) is 46.6 Å². The Morgan fingerprint density at radius 3 is 2.89 bits per heavy atom. The lowest BCUT2D eigenvalue weighted by atomic mass is 9.84. The molecule has 0 saturated carbocycles. The van der Waals surface area contributed by atoms with Gasteiger partial charge in [-0.1, -0.05) is 23.8 Å². The van der Waals surface area contributed by atoms with Crippen LogP contribution in [0.3, 0.4) is 0 Å². The van der Waals surface area contributed by atoms with E-state index >= 15 is 0 Å². The zero-order valence-corrected chi connectivity index (χ0v) is 11.6. The Kier molecular flexibility index (Phi) is 4.07. The minimum absolute atomic E-state index is 0.307. The van der Waals surface area contributed by atoms with E-state index < -0.39 is 0 Å². The maximum absolute atomic E-state index is 5.64. The Balaban J connectivity index is 2.33. The molecule has 18 heavy (non-hydrogen) atoms. The van der Waals surface area contributed by atoms with E-state index in [0.29, 0.717) is 12.0 Å². The third-order valence-electron chi connectivity index (χ3n) is 3.90. The van der Waals surface area contributed by atoms with Gasteiger partial charge in [0.2, 0.25) is 0 Å². The Morgan fingerprint density at radius 2 is 2.28 bits per heavy atom. The minimum Gasteiger partial charge on any atom is -0.468 e. The van der Waals surface area contributed by atoms with Gasteiger partial charge in [0, 0.05) is 12.5 Å². The third kappa shape index (κ3) is 2.75. The highest BCUT2D eigenvalue weighted by atomic mass is 16.3. The maximum atomic E-state index is 5.64. The average molecular weight is 245 g/mol. The molecular weight excluding hydrogens is 222 g/mol. The van der Waals surface area contributed by atoms with Crippen molar-refractivity contribution in [3.05, 3.63) is 48.0 Å². The summed E-state index contributed by atoms with van der Waals surface area (Å²) in [4.78, 5) is 2.36. The summed E-state index contributed by atoms with van der Waals surface area (Å²) in [6, 6.07) is 4.36. The highest BCUT2D eigenvalue weighted by molar-refractivity contribution is 5.16. The molecule has 0 fully saturated rings. The summed E-state index contributed by atoms with van der Waals surface area (Å²) in [5, 5.41) is 0. The number of furan rings is 1. The summed E-state index contributed by atoms with van der Waals surface area (Å²) in [5.41, 5.74) is 2.73. The molecule has 2 heteroatoms. The lowest BCUT2D eigenvalue weighted by Gasteiger charge is -2.35. The van der Waals surface area contributed by atoms with Gasteiger partial charge in [-0.2, -0.15) is 0 Å². The predicted octanol–water partition coefficient (Wildman–Crippen LogP) is 4.18. The van der Waals surface area contributed by atoms with Gasteiger partial charge in [0.05, 0.1) is 12.3 Å². The van der Waals surface area contributed by atoms with Crippen LogP contribution in [0.5, 0.6) is 0 Å². The quantitative estimate of drug-likeness (QED) is 0.727. The summed E-state index contributed by atoms with van der Waals surface area (Å²) in [6.07, 6.45) is 6.39. The molecule has 0 amide bonds. The summed E-state index contributed by atoms with van der Waals surface area (Å²) >= 11 is 0. The summed E-state index contributed by atoms with van der Waals surface area (Å²) in [6.45, 7) is 9.51. The molecule has 1 aromatic heterocycles. The van der Waals surface area contributed by atoms with E-state index in [1.54, 1.807) is 6.26 Å². The first-order valence-corrected chi connectivity index (χ1v) is 6.64. The Bertz CT molecular complexity index is 430. The van der Waals surface area contributed by atoms with Crippen LogP contribution in [0.2, 0.25) is 0 Å². The fourth-order valence-corrected chi connectivity index (χ4v) is 2.75. The van der Waals surface area contributed by atoms with Crippen molar-refractivity contribution in [3.63, 3.8) is 0 Å². The second-order valence-corrected chi connectivity index (χ2v) is 5.44. The average Bonchev–Trinajstić information content (AvgIpc) is 2.82. The third-order valence-corrected chi connectivity index (χ3v) is 3.90. The fraction of sp³-hybridized carbons (Fsp3) is 0.500. The number of likely N-dealkylation sites (N-methyl/N-ethyl adjacent to an activating group) is 1. The fourth-order valence-electron chi connectivity index (χ4n) is 2.75. The monoisotopic (exact) mass is 245 g/mol. The van der Waals surface area contributed by atoms with Crippen LogP contribution in [0.4, 0.5) is 0 Å². The van der Waals surface area contributed by atoms with Gasteiger partial charge in [0.15, 0.2) is 0 Å². The van der Waals surface area contributed by atoms with Gasteiger partial charge < -0.3 is 4.42 Å². The summed E-state index contributed by atoms with van der Waals surface area (Å²) in [7, 11) is 2.16. The zero-order valence-electron chi connectivity index (χ0n) is 11.6. The Hall–Kier alpha value is -1.28. The van der Waals surface area contributed by atoms with E-state index in [1.165, 1.54) is 11.1 Å². The topological polar surface area (TPSA) is 16.4 Å². The van der Waals surface area contributed by atoms with Crippen LogP contribution in [0.1, 0.15) is 38.5 Å². The van der Waals surface area contributed by atoms with Crippen molar-refractivity contribution >= 4 is 0 Å². The standard InChI is InChI=1S/C16H23NO/c1-12(2)14-8-7-13(3)9-10-17(4)16(14)15-6-5-11-18-15/h5-6,9,11,14,16H,1,7-8,10H2,2-4H3/b13-9-. The molecule has 0 saturated heterocycles. The molecule has 0 aromatic carbocycles. The maximum Gasteiger partial charge on any atom is 0.121 e. The SMILES string of the molecule is C=C(C)C1CC/C(C)=C\CN(C)C1c1ccco1.